The standard InChI is InChI=1S/C19H22N2O4/c1-12-5-6-14(7-13(12)2)8-18(22)20-21-19(23)15-9-16(24-3)11-17(10-15)25-4/h5-7,9-11H,8H2,1-4H3,(H,20,22)(H,21,23). The van der Waals surface area contributed by atoms with Crippen molar-refractivity contribution in [2.45, 2.75) is 20.3 Å². The SMILES string of the molecule is COc1cc(OC)cc(C(=O)NNC(=O)Cc2ccc(C)c(C)c2)c1. The molecule has 2 N–H and O–H groups in total. The van der Waals surface area contributed by atoms with Crippen LogP contribution in [0, 0.1) is 13.8 Å². The molecule has 6 heteroatoms. The predicted molar refractivity (Wildman–Crippen MR) is 94.8 cm³/mol. The first-order valence-electron chi connectivity index (χ1n) is 7.81. The molecule has 2 amide bonds. The quantitative estimate of drug-likeness (QED) is 0.818. The van der Waals surface area contributed by atoms with Gasteiger partial charge in [-0.1, -0.05) is 18.2 Å². The molecule has 0 aromatic heterocycles. The summed E-state index contributed by atoms with van der Waals surface area (Å²) in [6.45, 7) is 4.01. The fourth-order valence-electron chi connectivity index (χ4n) is 2.28. The number of carbonyl (C=O) groups excluding carboxylic acids is 2. The Kier molecular flexibility index (Phi) is 6.00. The van der Waals surface area contributed by atoms with Crippen molar-refractivity contribution in [3.05, 3.63) is 58.7 Å². The molecule has 2 rings (SSSR count). The van der Waals surface area contributed by atoms with Crippen LogP contribution in [0.2, 0.25) is 0 Å². The topological polar surface area (TPSA) is 76.7 Å². The van der Waals surface area contributed by atoms with E-state index >= 15 is 0 Å². The number of benzene rings is 2. The van der Waals surface area contributed by atoms with Crippen molar-refractivity contribution >= 4 is 11.8 Å². The molecular formula is C19H22N2O4. The number of amides is 2. The third-order valence-electron chi connectivity index (χ3n) is 3.87. The van der Waals surface area contributed by atoms with E-state index in [1.807, 2.05) is 32.0 Å². The second-order valence-electron chi connectivity index (χ2n) is 5.70. The Labute approximate surface area is 147 Å². The minimum atomic E-state index is -0.453. The van der Waals surface area contributed by atoms with Crippen molar-refractivity contribution in [2.75, 3.05) is 14.2 Å². The number of hydrogen-bond acceptors (Lipinski definition) is 4. The van der Waals surface area contributed by atoms with Gasteiger partial charge in [-0.15, -0.1) is 0 Å². The number of carbonyl (C=O) groups is 2. The third-order valence-corrected chi connectivity index (χ3v) is 3.87. The summed E-state index contributed by atoms with van der Waals surface area (Å²) in [4.78, 5) is 24.2. The molecule has 0 heterocycles. The van der Waals surface area contributed by atoms with Gasteiger partial charge in [0, 0.05) is 11.6 Å². The highest BCUT2D eigenvalue weighted by molar-refractivity contribution is 5.96. The first kappa shape index (κ1) is 18.3. The lowest BCUT2D eigenvalue weighted by molar-refractivity contribution is -0.121. The van der Waals surface area contributed by atoms with Crippen molar-refractivity contribution in [2.24, 2.45) is 0 Å². The van der Waals surface area contributed by atoms with E-state index < -0.39 is 5.91 Å². The molecule has 0 radical (unpaired) electrons. The molecule has 0 aliphatic heterocycles. The maximum atomic E-state index is 12.2. The van der Waals surface area contributed by atoms with Crippen molar-refractivity contribution in [3.8, 4) is 11.5 Å². The van der Waals surface area contributed by atoms with Crippen LogP contribution in [0.3, 0.4) is 0 Å². The van der Waals surface area contributed by atoms with Crippen LogP contribution in [0.4, 0.5) is 0 Å². The summed E-state index contributed by atoms with van der Waals surface area (Å²) in [6, 6.07) is 10.6. The number of rotatable bonds is 5. The summed E-state index contributed by atoms with van der Waals surface area (Å²) in [5.74, 6) is 0.231. The van der Waals surface area contributed by atoms with Crippen LogP contribution < -0.4 is 20.3 Å². The number of hydrogen-bond donors (Lipinski definition) is 2. The zero-order chi connectivity index (χ0) is 18.4. The highest BCUT2D eigenvalue weighted by Gasteiger charge is 2.11. The number of nitrogens with one attached hydrogen (secondary N) is 2. The predicted octanol–water partition coefficient (Wildman–Crippen LogP) is 2.32. The summed E-state index contributed by atoms with van der Waals surface area (Å²) >= 11 is 0. The summed E-state index contributed by atoms with van der Waals surface area (Å²) in [5.41, 5.74) is 8.32. The van der Waals surface area contributed by atoms with Gasteiger partial charge in [0.1, 0.15) is 11.5 Å². The highest BCUT2D eigenvalue weighted by atomic mass is 16.5. The van der Waals surface area contributed by atoms with Gasteiger partial charge in [-0.2, -0.15) is 0 Å². The summed E-state index contributed by atoms with van der Waals surface area (Å²) < 4.78 is 10.3. The Balaban J connectivity index is 1.97. The molecule has 0 saturated carbocycles. The maximum absolute atomic E-state index is 12.2. The first-order valence-corrected chi connectivity index (χ1v) is 7.81. The van der Waals surface area contributed by atoms with Gasteiger partial charge in [0.25, 0.3) is 5.91 Å². The Hall–Kier alpha value is -3.02. The van der Waals surface area contributed by atoms with Crippen LogP contribution in [0.5, 0.6) is 11.5 Å². The monoisotopic (exact) mass is 342 g/mol. The Bertz CT molecular complexity index is 765. The minimum Gasteiger partial charge on any atom is -0.497 e. The summed E-state index contributed by atoms with van der Waals surface area (Å²) in [6.07, 6.45) is 0.183. The fourth-order valence-corrected chi connectivity index (χ4v) is 2.28. The van der Waals surface area contributed by atoms with E-state index in [1.165, 1.54) is 19.8 Å². The third kappa shape index (κ3) is 4.97. The zero-order valence-corrected chi connectivity index (χ0v) is 14.8. The van der Waals surface area contributed by atoms with Gasteiger partial charge in [-0.3, -0.25) is 20.4 Å². The number of ether oxygens (including phenoxy) is 2. The Morgan fingerprint density at radius 1 is 0.880 bits per heavy atom. The van der Waals surface area contributed by atoms with Crippen LogP contribution in [-0.2, 0) is 11.2 Å². The molecule has 132 valence electrons. The molecule has 2 aromatic rings. The molecule has 0 spiro atoms. The molecule has 0 bridgehead atoms. The van der Waals surface area contributed by atoms with E-state index in [-0.39, 0.29) is 12.3 Å². The second kappa shape index (κ2) is 8.19. The van der Waals surface area contributed by atoms with Crippen molar-refractivity contribution < 1.29 is 19.1 Å². The summed E-state index contributed by atoms with van der Waals surface area (Å²) in [7, 11) is 3.00. The molecule has 6 nitrogen and oxygen atoms in total. The number of hydrazine groups is 1. The van der Waals surface area contributed by atoms with Crippen LogP contribution in [-0.4, -0.2) is 26.0 Å². The lowest BCUT2D eigenvalue weighted by atomic mass is 10.0. The Morgan fingerprint density at radius 3 is 2.08 bits per heavy atom. The summed E-state index contributed by atoms with van der Waals surface area (Å²) in [5, 5.41) is 0. The van der Waals surface area contributed by atoms with E-state index in [1.54, 1.807) is 18.2 Å². The Morgan fingerprint density at radius 2 is 1.52 bits per heavy atom. The van der Waals surface area contributed by atoms with Crippen molar-refractivity contribution in [1.29, 1.82) is 0 Å². The highest BCUT2D eigenvalue weighted by Crippen LogP contribution is 2.22. The molecular weight excluding hydrogens is 320 g/mol. The average Bonchev–Trinajstić information content (AvgIpc) is 2.62. The van der Waals surface area contributed by atoms with Crippen molar-refractivity contribution in [1.82, 2.24) is 10.9 Å². The smallest absolute Gasteiger partial charge is 0.269 e. The largest absolute Gasteiger partial charge is 0.497 e. The zero-order valence-electron chi connectivity index (χ0n) is 14.8. The fraction of sp³-hybridized carbons (Fsp3) is 0.263. The molecule has 0 unspecified atom stereocenters. The van der Waals surface area contributed by atoms with Crippen LogP contribution >= 0.6 is 0 Å². The van der Waals surface area contributed by atoms with E-state index in [0.717, 1.165) is 11.1 Å². The van der Waals surface area contributed by atoms with Crippen LogP contribution in [0.15, 0.2) is 36.4 Å². The van der Waals surface area contributed by atoms with Crippen molar-refractivity contribution in [3.63, 3.8) is 0 Å². The maximum Gasteiger partial charge on any atom is 0.269 e. The van der Waals surface area contributed by atoms with E-state index in [0.29, 0.717) is 17.1 Å². The lowest BCUT2D eigenvalue weighted by Crippen LogP contribution is -2.42. The number of aryl methyl sites for hydroxylation is 2. The lowest BCUT2D eigenvalue weighted by Gasteiger charge is -2.10. The molecule has 0 saturated heterocycles. The molecule has 0 fully saturated rings. The van der Waals surface area contributed by atoms with E-state index in [2.05, 4.69) is 10.9 Å². The normalized spacial score (nSPS) is 10.1. The second-order valence-corrected chi connectivity index (χ2v) is 5.70. The number of methoxy groups -OCH3 is 2. The molecule has 0 aliphatic carbocycles. The molecule has 0 atom stereocenters. The van der Waals surface area contributed by atoms with E-state index in [9.17, 15) is 9.59 Å². The van der Waals surface area contributed by atoms with Gasteiger partial charge in [0.2, 0.25) is 5.91 Å². The van der Waals surface area contributed by atoms with E-state index in [4.69, 9.17) is 9.47 Å². The van der Waals surface area contributed by atoms with Crippen LogP contribution in [0.1, 0.15) is 27.0 Å². The van der Waals surface area contributed by atoms with Gasteiger partial charge in [0.05, 0.1) is 20.6 Å². The molecule has 2 aromatic carbocycles. The van der Waals surface area contributed by atoms with Gasteiger partial charge < -0.3 is 9.47 Å². The van der Waals surface area contributed by atoms with Crippen LogP contribution in [0.25, 0.3) is 0 Å². The van der Waals surface area contributed by atoms with Gasteiger partial charge in [-0.05, 0) is 42.7 Å². The van der Waals surface area contributed by atoms with Gasteiger partial charge >= 0.3 is 0 Å². The molecule has 0 aliphatic rings. The average molecular weight is 342 g/mol. The molecule has 25 heavy (non-hydrogen) atoms. The van der Waals surface area contributed by atoms with Gasteiger partial charge in [-0.25, -0.2) is 0 Å². The first-order chi connectivity index (χ1) is 11.9. The minimum absolute atomic E-state index is 0.183. The van der Waals surface area contributed by atoms with Gasteiger partial charge in [0.15, 0.2) is 0 Å².